The first-order chi connectivity index (χ1) is 13.7. The molecule has 5 rings (SSSR count). The molecule has 7 nitrogen and oxygen atoms in total. The van der Waals surface area contributed by atoms with Crippen molar-refractivity contribution in [2.75, 3.05) is 20.3 Å². The Morgan fingerprint density at radius 2 is 1.86 bits per heavy atom. The minimum absolute atomic E-state index is 0.0128. The van der Waals surface area contributed by atoms with Crippen molar-refractivity contribution < 1.29 is 28.2 Å². The Bertz CT molecular complexity index is 1140. The van der Waals surface area contributed by atoms with Crippen LogP contribution in [0.3, 0.4) is 0 Å². The van der Waals surface area contributed by atoms with Gasteiger partial charge >= 0.3 is 11.6 Å². The smallest absolute Gasteiger partial charge is 0.343 e. The highest BCUT2D eigenvalue weighted by Gasteiger charge is 2.35. The lowest BCUT2D eigenvalue weighted by Gasteiger charge is -2.27. The molecule has 0 bridgehead atoms. The zero-order chi connectivity index (χ0) is 19.3. The topological polar surface area (TPSA) is 84.2 Å². The van der Waals surface area contributed by atoms with E-state index in [0.717, 1.165) is 0 Å². The van der Waals surface area contributed by atoms with Crippen molar-refractivity contribution in [3.8, 4) is 23.0 Å². The first-order valence-corrected chi connectivity index (χ1v) is 8.89. The number of ether oxygens (including phenoxy) is 4. The number of benzene rings is 2. The largest absolute Gasteiger partial charge is 0.493 e. The van der Waals surface area contributed by atoms with Gasteiger partial charge < -0.3 is 23.4 Å². The number of methoxy groups -OCH3 is 1. The number of rotatable bonds is 2. The van der Waals surface area contributed by atoms with E-state index in [0.29, 0.717) is 52.6 Å². The molecule has 2 aliphatic heterocycles. The van der Waals surface area contributed by atoms with E-state index in [1.165, 1.54) is 7.11 Å². The Kier molecular flexibility index (Phi) is 3.75. The summed E-state index contributed by atoms with van der Waals surface area (Å²) in [4.78, 5) is 25.1. The minimum atomic E-state index is -0.540. The van der Waals surface area contributed by atoms with Crippen molar-refractivity contribution in [1.29, 1.82) is 0 Å². The van der Waals surface area contributed by atoms with E-state index in [4.69, 9.17) is 23.4 Å². The van der Waals surface area contributed by atoms with Crippen molar-refractivity contribution in [1.82, 2.24) is 0 Å². The fourth-order valence-electron chi connectivity index (χ4n) is 3.75. The third kappa shape index (κ3) is 2.51. The zero-order valence-corrected chi connectivity index (χ0v) is 15.0. The predicted octanol–water partition coefficient (Wildman–Crippen LogP) is 3.01. The fraction of sp³-hybridized carbons (Fsp3) is 0.238. The lowest BCUT2D eigenvalue weighted by atomic mass is 9.86. The van der Waals surface area contributed by atoms with Gasteiger partial charge in [0.15, 0.2) is 17.2 Å². The summed E-state index contributed by atoms with van der Waals surface area (Å²) >= 11 is 0. The molecule has 0 fully saturated rings. The number of carbonyl (C=O) groups is 1. The molecule has 2 aromatic carbocycles. The number of hydrogen-bond donors (Lipinski definition) is 0. The van der Waals surface area contributed by atoms with Gasteiger partial charge in [0, 0.05) is 5.92 Å². The molecular formula is C21H16O7. The van der Waals surface area contributed by atoms with Gasteiger partial charge in [-0.05, 0) is 29.8 Å². The normalized spacial score (nSPS) is 17.8. The van der Waals surface area contributed by atoms with Crippen LogP contribution in [0, 0.1) is 0 Å². The van der Waals surface area contributed by atoms with Gasteiger partial charge in [0.05, 0.1) is 24.5 Å². The van der Waals surface area contributed by atoms with Crippen LogP contribution in [0.25, 0.3) is 11.0 Å². The van der Waals surface area contributed by atoms with Crippen LogP contribution in [0.1, 0.15) is 23.5 Å². The van der Waals surface area contributed by atoms with Gasteiger partial charge in [0.1, 0.15) is 18.8 Å². The fourth-order valence-corrected chi connectivity index (χ4v) is 3.75. The quantitative estimate of drug-likeness (QED) is 0.499. The third-order valence-electron chi connectivity index (χ3n) is 4.99. The molecule has 0 spiro atoms. The molecule has 28 heavy (non-hydrogen) atoms. The van der Waals surface area contributed by atoms with Gasteiger partial charge in [0.2, 0.25) is 5.75 Å². The van der Waals surface area contributed by atoms with E-state index in [1.807, 2.05) is 0 Å². The molecular weight excluding hydrogens is 364 g/mol. The highest BCUT2D eigenvalue weighted by Crippen LogP contribution is 2.46. The lowest BCUT2D eigenvalue weighted by Crippen LogP contribution is -2.27. The molecule has 1 aromatic heterocycles. The summed E-state index contributed by atoms with van der Waals surface area (Å²) in [5.41, 5.74) is 0.859. The van der Waals surface area contributed by atoms with E-state index in [-0.39, 0.29) is 12.2 Å². The van der Waals surface area contributed by atoms with Gasteiger partial charge in [-0.25, -0.2) is 4.79 Å². The van der Waals surface area contributed by atoms with Crippen LogP contribution in [0.4, 0.5) is 0 Å². The minimum Gasteiger partial charge on any atom is -0.493 e. The van der Waals surface area contributed by atoms with Crippen molar-refractivity contribution in [2.45, 2.75) is 12.3 Å². The molecule has 7 heteroatoms. The molecule has 0 radical (unpaired) electrons. The van der Waals surface area contributed by atoms with Crippen LogP contribution in [-0.2, 0) is 4.79 Å². The first kappa shape index (κ1) is 16.7. The molecule has 1 atom stereocenters. The standard InChI is InChI=1S/C21H16O7/c1-24-15-8-11(9-16-20(15)26-7-6-25-16)13-10-17(22)28-19-12-4-2-3-5-14(12)27-21(23)18(13)19/h2-5,8-9,13H,6-7,10H2,1H3. The second-order valence-corrected chi connectivity index (χ2v) is 6.61. The van der Waals surface area contributed by atoms with Crippen molar-refractivity contribution >= 4 is 16.9 Å². The van der Waals surface area contributed by atoms with Crippen molar-refractivity contribution in [3.05, 3.63) is 57.9 Å². The van der Waals surface area contributed by atoms with Crippen LogP contribution < -0.4 is 24.6 Å². The monoisotopic (exact) mass is 380 g/mol. The second kappa shape index (κ2) is 6.30. The van der Waals surface area contributed by atoms with Crippen molar-refractivity contribution in [2.24, 2.45) is 0 Å². The predicted molar refractivity (Wildman–Crippen MR) is 98.6 cm³/mol. The maximum absolute atomic E-state index is 12.8. The molecule has 3 aromatic rings. The summed E-state index contributed by atoms with van der Waals surface area (Å²) in [6.07, 6.45) is 0.0128. The molecule has 0 N–H and O–H groups in total. The maximum atomic E-state index is 12.8. The van der Waals surface area contributed by atoms with E-state index < -0.39 is 17.5 Å². The number of para-hydroxylation sites is 1. The Morgan fingerprint density at radius 3 is 2.71 bits per heavy atom. The number of esters is 1. The van der Waals surface area contributed by atoms with E-state index >= 15 is 0 Å². The van der Waals surface area contributed by atoms with Crippen LogP contribution in [0.5, 0.6) is 23.0 Å². The van der Waals surface area contributed by atoms with Crippen LogP contribution in [0.2, 0.25) is 0 Å². The Morgan fingerprint density at radius 1 is 1.04 bits per heavy atom. The summed E-state index contributed by atoms with van der Waals surface area (Å²) in [5, 5.41) is 0.583. The SMILES string of the molecule is COc1cc(C2CC(=O)Oc3c2c(=O)oc2ccccc32)cc2c1OCCO2. The average molecular weight is 380 g/mol. The zero-order valence-electron chi connectivity index (χ0n) is 15.0. The Balaban J connectivity index is 1.74. The van der Waals surface area contributed by atoms with E-state index in [2.05, 4.69) is 0 Å². The van der Waals surface area contributed by atoms with Gasteiger partial charge in [-0.15, -0.1) is 0 Å². The van der Waals surface area contributed by atoms with Gasteiger partial charge in [0.25, 0.3) is 0 Å². The third-order valence-corrected chi connectivity index (χ3v) is 4.99. The molecule has 142 valence electrons. The highest BCUT2D eigenvalue weighted by molar-refractivity contribution is 5.90. The first-order valence-electron chi connectivity index (χ1n) is 8.89. The molecule has 0 amide bonds. The molecule has 2 aliphatic rings. The van der Waals surface area contributed by atoms with Crippen LogP contribution in [-0.4, -0.2) is 26.3 Å². The maximum Gasteiger partial charge on any atom is 0.343 e. The van der Waals surface area contributed by atoms with Crippen molar-refractivity contribution in [3.63, 3.8) is 0 Å². The number of fused-ring (bicyclic) bond motifs is 4. The summed E-state index contributed by atoms with van der Waals surface area (Å²) in [6.45, 7) is 0.840. The van der Waals surface area contributed by atoms with Gasteiger partial charge in [-0.2, -0.15) is 0 Å². The molecule has 0 aliphatic carbocycles. The molecule has 0 saturated heterocycles. The molecule has 0 saturated carbocycles. The molecule has 1 unspecified atom stereocenters. The van der Waals surface area contributed by atoms with Crippen LogP contribution in [0.15, 0.2) is 45.6 Å². The summed E-state index contributed by atoms with van der Waals surface area (Å²) in [6, 6.07) is 10.5. The van der Waals surface area contributed by atoms with Gasteiger partial charge in [-0.3, -0.25) is 4.79 Å². The molecule has 3 heterocycles. The van der Waals surface area contributed by atoms with E-state index in [9.17, 15) is 9.59 Å². The summed E-state index contributed by atoms with van der Waals surface area (Å²) in [5.74, 6) is 0.816. The Labute approximate surface area is 159 Å². The highest BCUT2D eigenvalue weighted by atomic mass is 16.6. The van der Waals surface area contributed by atoms with Crippen LogP contribution >= 0.6 is 0 Å². The summed E-state index contributed by atoms with van der Waals surface area (Å²) < 4.78 is 27.7. The lowest BCUT2D eigenvalue weighted by molar-refractivity contribution is -0.135. The Hall–Kier alpha value is -3.48. The summed E-state index contributed by atoms with van der Waals surface area (Å²) in [7, 11) is 1.53. The van der Waals surface area contributed by atoms with E-state index in [1.54, 1.807) is 36.4 Å². The second-order valence-electron chi connectivity index (χ2n) is 6.61. The van der Waals surface area contributed by atoms with Gasteiger partial charge in [-0.1, -0.05) is 12.1 Å². The number of carbonyl (C=O) groups excluding carboxylic acids is 1. The average Bonchev–Trinajstić information content (AvgIpc) is 2.72. The number of hydrogen-bond acceptors (Lipinski definition) is 7.